The van der Waals surface area contributed by atoms with Gasteiger partial charge in [-0.25, -0.2) is 4.79 Å². The Bertz CT molecular complexity index is 711. The van der Waals surface area contributed by atoms with Crippen LogP contribution in [0.3, 0.4) is 0 Å². The molecule has 0 aromatic heterocycles. The molecule has 5 heteroatoms. The molecule has 0 unspecified atom stereocenters. The molecule has 0 aliphatic heterocycles. The van der Waals surface area contributed by atoms with Crippen molar-refractivity contribution >= 4 is 16.7 Å². The summed E-state index contributed by atoms with van der Waals surface area (Å²) in [7, 11) is 0. The zero-order chi connectivity index (χ0) is 15.2. The van der Waals surface area contributed by atoms with Gasteiger partial charge in [-0.1, -0.05) is 32.9 Å². The summed E-state index contributed by atoms with van der Waals surface area (Å²) in [4.78, 5) is 11.3. The molecular weight excluding hydrogens is 260 g/mol. The topological polar surface area (TPSA) is 98.0 Å². The van der Waals surface area contributed by atoms with Crippen LogP contribution in [0.5, 0.6) is 17.2 Å². The Morgan fingerprint density at radius 3 is 2.05 bits per heavy atom. The molecule has 0 radical (unpaired) electrons. The molecule has 0 saturated carbocycles. The van der Waals surface area contributed by atoms with Crippen LogP contribution in [0.25, 0.3) is 10.8 Å². The molecule has 2 rings (SSSR count). The minimum Gasteiger partial charge on any atom is -0.504 e. The number of benzene rings is 2. The number of carbonyl (C=O) groups is 1. The van der Waals surface area contributed by atoms with Crippen LogP contribution in [-0.4, -0.2) is 26.4 Å². The Kier molecular flexibility index (Phi) is 3.01. The Balaban J connectivity index is 2.96. The van der Waals surface area contributed by atoms with Crippen molar-refractivity contribution < 1.29 is 25.2 Å². The van der Waals surface area contributed by atoms with E-state index in [1.165, 1.54) is 6.07 Å². The van der Waals surface area contributed by atoms with Gasteiger partial charge in [-0.05, 0) is 17.0 Å². The van der Waals surface area contributed by atoms with E-state index in [0.717, 1.165) is 5.56 Å². The Morgan fingerprint density at radius 2 is 1.55 bits per heavy atom. The minimum absolute atomic E-state index is 0.186. The number of carboxylic acids is 1. The third-order valence-electron chi connectivity index (χ3n) is 3.31. The quantitative estimate of drug-likeness (QED) is 0.600. The average Bonchev–Trinajstić information content (AvgIpc) is 2.34. The summed E-state index contributed by atoms with van der Waals surface area (Å²) in [5.41, 5.74) is 0.228. The fourth-order valence-corrected chi connectivity index (χ4v) is 2.13. The molecule has 5 nitrogen and oxygen atoms in total. The summed E-state index contributed by atoms with van der Waals surface area (Å²) in [6, 6.07) is 4.90. The van der Waals surface area contributed by atoms with Crippen molar-refractivity contribution in [1.29, 1.82) is 0 Å². The first-order valence-electron chi connectivity index (χ1n) is 6.09. The second-order valence-corrected chi connectivity index (χ2v) is 5.74. The summed E-state index contributed by atoms with van der Waals surface area (Å²) < 4.78 is 0. The summed E-state index contributed by atoms with van der Waals surface area (Å²) in [5.74, 6) is -3.54. The molecule has 2 aromatic rings. The van der Waals surface area contributed by atoms with Gasteiger partial charge in [-0.15, -0.1) is 0 Å². The first-order chi connectivity index (χ1) is 9.14. The van der Waals surface area contributed by atoms with E-state index in [9.17, 15) is 25.2 Å². The lowest BCUT2D eigenvalue weighted by Crippen LogP contribution is -2.11. The van der Waals surface area contributed by atoms with E-state index in [1.807, 2.05) is 20.8 Å². The number of fused-ring (bicyclic) bond motifs is 1. The molecule has 20 heavy (non-hydrogen) atoms. The van der Waals surface area contributed by atoms with Crippen molar-refractivity contribution in [3.05, 3.63) is 29.3 Å². The number of aromatic hydroxyl groups is 3. The van der Waals surface area contributed by atoms with E-state index in [2.05, 4.69) is 0 Å². The van der Waals surface area contributed by atoms with Crippen LogP contribution >= 0.6 is 0 Å². The number of phenolic OH excluding ortho intramolecular Hbond substituents is 2. The highest BCUT2D eigenvalue weighted by Crippen LogP contribution is 2.45. The predicted molar refractivity (Wildman–Crippen MR) is 74.6 cm³/mol. The number of hydrogen-bond donors (Lipinski definition) is 4. The standard InChI is InChI=1S/C15H16O5/c1-15(2,3)7-4-5-8-9(6-7)10(14(19)20)12(17)13(18)11(8)16/h4-6,16-18H,1-3H3,(H,19,20). The van der Waals surface area contributed by atoms with Crippen molar-refractivity contribution in [1.82, 2.24) is 0 Å². The fourth-order valence-electron chi connectivity index (χ4n) is 2.13. The second-order valence-electron chi connectivity index (χ2n) is 5.74. The van der Waals surface area contributed by atoms with Crippen LogP contribution in [0.4, 0.5) is 0 Å². The SMILES string of the molecule is CC(C)(C)c1ccc2c(O)c(O)c(O)c(C(=O)O)c2c1. The van der Waals surface area contributed by atoms with Crippen LogP contribution in [0.15, 0.2) is 18.2 Å². The predicted octanol–water partition coefficient (Wildman–Crippen LogP) is 2.95. The van der Waals surface area contributed by atoms with Gasteiger partial charge in [0.2, 0.25) is 5.75 Å². The van der Waals surface area contributed by atoms with Gasteiger partial charge in [0.25, 0.3) is 0 Å². The molecule has 0 aliphatic carbocycles. The molecule has 2 aromatic carbocycles. The highest BCUT2D eigenvalue weighted by Gasteiger charge is 2.24. The van der Waals surface area contributed by atoms with Crippen LogP contribution in [-0.2, 0) is 5.41 Å². The second kappa shape index (κ2) is 4.30. The summed E-state index contributed by atoms with van der Waals surface area (Å²) in [5, 5.41) is 38.8. The van der Waals surface area contributed by atoms with Gasteiger partial charge in [0.15, 0.2) is 11.5 Å². The lowest BCUT2D eigenvalue weighted by molar-refractivity contribution is 0.0695. The zero-order valence-electron chi connectivity index (χ0n) is 11.4. The molecule has 0 spiro atoms. The fraction of sp³-hybridized carbons (Fsp3) is 0.267. The lowest BCUT2D eigenvalue weighted by atomic mass is 9.85. The van der Waals surface area contributed by atoms with Crippen molar-refractivity contribution in [3.8, 4) is 17.2 Å². The maximum absolute atomic E-state index is 11.3. The Labute approximate surface area is 115 Å². The van der Waals surface area contributed by atoms with E-state index in [-0.39, 0.29) is 16.2 Å². The highest BCUT2D eigenvalue weighted by molar-refractivity contribution is 6.10. The van der Waals surface area contributed by atoms with E-state index >= 15 is 0 Å². The number of aromatic carboxylic acids is 1. The van der Waals surface area contributed by atoms with Crippen LogP contribution in [0.2, 0.25) is 0 Å². The van der Waals surface area contributed by atoms with Crippen LogP contribution in [0, 0.1) is 0 Å². The number of carboxylic acid groups (broad SMARTS) is 1. The summed E-state index contributed by atoms with van der Waals surface area (Å²) in [6.07, 6.45) is 0. The lowest BCUT2D eigenvalue weighted by Gasteiger charge is -2.20. The van der Waals surface area contributed by atoms with E-state index < -0.39 is 28.8 Å². The van der Waals surface area contributed by atoms with Crippen LogP contribution in [0.1, 0.15) is 36.7 Å². The molecule has 4 N–H and O–H groups in total. The Morgan fingerprint density at radius 1 is 0.950 bits per heavy atom. The molecule has 0 atom stereocenters. The minimum atomic E-state index is -1.37. The van der Waals surface area contributed by atoms with Gasteiger partial charge in [0.05, 0.1) is 0 Å². The number of rotatable bonds is 1. The normalized spacial score (nSPS) is 11.8. The van der Waals surface area contributed by atoms with Gasteiger partial charge < -0.3 is 20.4 Å². The van der Waals surface area contributed by atoms with Gasteiger partial charge in [-0.2, -0.15) is 0 Å². The molecular formula is C15H16O5. The van der Waals surface area contributed by atoms with Crippen LogP contribution < -0.4 is 0 Å². The monoisotopic (exact) mass is 276 g/mol. The maximum Gasteiger partial charge on any atom is 0.340 e. The Hall–Kier alpha value is -2.43. The van der Waals surface area contributed by atoms with Gasteiger partial charge >= 0.3 is 5.97 Å². The maximum atomic E-state index is 11.3. The van der Waals surface area contributed by atoms with Crippen molar-refractivity contribution in [2.24, 2.45) is 0 Å². The van der Waals surface area contributed by atoms with Gasteiger partial charge in [-0.3, -0.25) is 0 Å². The first-order valence-corrected chi connectivity index (χ1v) is 6.09. The van der Waals surface area contributed by atoms with E-state index in [1.54, 1.807) is 12.1 Å². The third-order valence-corrected chi connectivity index (χ3v) is 3.31. The summed E-state index contributed by atoms with van der Waals surface area (Å²) in [6.45, 7) is 5.90. The molecule has 0 heterocycles. The molecule has 0 aliphatic rings. The molecule has 0 amide bonds. The number of hydrogen-bond acceptors (Lipinski definition) is 4. The molecule has 0 saturated heterocycles. The third kappa shape index (κ3) is 2.01. The largest absolute Gasteiger partial charge is 0.504 e. The molecule has 0 fully saturated rings. The summed E-state index contributed by atoms with van der Waals surface area (Å²) >= 11 is 0. The molecule has 106 valence electrons. The van der Waals surface area contributed by atoms with Crippen molar-refractivity contribution in [2.75, 3.05) is 0 Å². The van der Waals surface area contributed by atoms with Crippen molar-refractivity contribution in [2.45, 2.75) is 26.2 Å². The van der Waals surface area contributed by atoms with Crippen molar-refractivity contribution in [3.63, 3.8) is 0 Å². The first kappa shape index (κ1) is 14.0. The van der Waals surface area contributed by atoms with Gasteiger partial charge in [0.1, 0.15) is 5.56 Å². The smallest absolute Gasteiger partial charge is 0.340 e. The average molecular weight is 276 g/mol. The van der Waals surface area contributed by atoms with Gasteiger partial charge in [0, 0.05) is 10.8 Å². The molecule has 0 bridgehead atoms. The van der Waals surface area contributed by atoms with E-state index in [0.29, 0.717) is 0 Å². The number of phenols is 3. The van der Waals surface area contributed by atoms with E-state index in [4.69, 9.17) is 0 Å². The zero-order valence-corrected chi connectivity index (χ0v) is 11.4. The highest BCUT2D eigenvalue weighted by atomic mass is 16.4.